The number of nitrogens with zero attached hydrogens (tertiary/aromatic N) is 1. The third-order valence-electron chi connectivity index (χ3n) is 12.3. The van der Waals surface area contributed by atoms with Crippen LogP contribution >= 0.6 is 0 Å². The van der Waals surface area contributed by atoms with Gasteiger partial charge < -0.3 is 41.3 Å². The Balaban J connectivity index is 1.26. The largest absolute Gasteiger partial charge is 0.481 e. The molecular weight excluding hydrogens is 608 g/mol. The molecule has 0 bridgehead atoms. The summed E-state index contributed by atoms with van der Waals surface area (Å²) in [5.74, 6) is -2.37. The Morgan fingerprint density at radius 2 is 1.89 bits per heavy atom. The van der Waals surface area contributed by atoms with Crippen LogP contribution in [0.1, 0.15) is 102 Å². The van der Waals surface area contributed by atoms with Gasteiger partial charge in [0.05, 0.1) is 24.4 Å². The molecule has 47 heavy (non-hydrogen) atoms. The number of carbonyl (C=O) groups is 3. The highest BCUT2D eigenvalue weighted by atomic mass is 16.5. The number of carbonyl (C=O) groups excluding carboxylic acids is 2. The highest BCUT2D eigenvalue weighted by molar-refractivity contribution is 5.86. The number of amides is 1. The number of nitrogens with one attached hydrogen (secondary N) is 1. The molecule has 1 aromatic heterocycles. The summed E-state index contributed by atoms with van der Waals surface area (Å²) >= 11 is 0. The second kappa shape index (κ2) is 13.6. The van der Waals surface area contributed by atoms with E-state index in [-0.39, 0.29) is 67.0 Å². The minimum Gasteiger partial charge on any atom is -0.481 e. The first-order chi connectivity index (χ1) is 22.2. The Labute approximate surface area is 274 Å². The zero-order chi connectivity index (χ0) is 34.1. The molecule has 4 aliphatic rings. The maximum atomic E-state index is 13.4. The van der Waals surface area contributed by atoms with E-state index in [4.69, 9.17) is 25.7 Å². The Kier molecular flexibility index (Phi) is 10.1. The first kappa shape index (κ1) is 34.9. The molecule has 4 saturated carbocycles. The molecule has 1 amide bonds. The third kappa shape index (κ3) is 6.78. The molecule has 10 atom stereocenters. The number of aliphatic hydroxyl groups is 2. The third-order valence-corrected chi connectivity index (χ3v) is 12.3. The van der Waals surface area contributed by atoms with Gasteiger partial charge in [-0.05, 0) is 105 Å². The van der Waals surface area contributed by atoms with Crippen LogP contribution in [0, 0.1) is 28.6 Å². The highest BCUT2D eigenvalue weighted by Gasteiger charge is 2.69. The number of nitrogens with two attached hydrogens (primary N) is 2. The lowest BCUT2D eigenvalue weighted by atomic mass is 9.42. The van der Waals surface area contributed by atoms with E-state index in [9.17, 15) is 29.4 Å². The molecule has 4 aliphatic carbocycles. The molecule has 5 rings (SSSR count). The first-order valence-electron chi connectivity index (χ1n) is 16.9. The van der Waals surface area contributed by atoms with E-state index in [1.807, 2.05) is 0 Å². The van der Waals surface area contributed by atoms with Crippen LogP contribution < -0.4 is 22.4 Å². The first-order valence-corrected chi connectivity index (χ1v) is 16.9. The number of carboxylic acid groups (broad SMARTS) is 1. The van der Waals surface area contributed by atoms with Gasteiger partial charge >= 0.3 is 17.6 Å². The lowest BCUT2D eigenvalue weighted by molar-refractivity contribution is -0.240. The smallest absolute Gasteiger partial charge is 0.335 e. The number of hydrogen-bond acceptors (Lipinski definition) is 9. The number of hydrogen-bond donors (Lipinski definition) is 6. The van der Waals surface area contributed by atoms with Crippen molar-refractivity contribution in [2.75, 3.05) is 6.54 Å². The van der Waals surface area contributed by atoms with E-state index >= 15 is 0 Å². The van der Waals surface area contributed by atoms with E-state index in [1.165, 1.54) is 12.3 Å². The van der Waals surface area contributed by atoms with Gasteiger partial charge in [0.25, 0.3) is 0 Å². The predicted molar refractivity (Wildman–Crippen MR) is 171 cm³/mol. The lowest BCUT2D eigenvalue weighted by Gasteiger charge is -2.65. The molecule has 0 spiro atoms. The zero-order valence-corrected chi connectivity index (χ0v) is 27.4. The Bertz CT molecular complexity index is 1410. The monoisotopic (exact) mass is 658 g/mol. The molecule has 4 fully saturated rings. The van der Waals surface area contributed by atoms with E-state index in [0.29, 0.717) is 38.5 Å². The SMILES string of the molecule is C[C@]12CCC(OC(=O)[C@H](CCCN=C(N)N)NC(=O)CCC(=O)O)CC1CC[C@@H]1[C@@H]2C(O)C[C@]2(C)[C@@H](c3ccc(=O)oc3)CC[C@]12O. The summed E-state index contributed by atoms with van der Waals surface area (Å²) < 4.78 is 11.2. The van der Waals surface area contributed by atoms with Gasteiger partial charge in [-0.1, -0.05) is 13.8 Å². The number of ether oxygens (including phenoxy) is 1. The van der Waals surface area contributed by atoms with Crippen molar-refractivity contribution in [1.29, 1.82) is 0 Å². The van der Waals surface area contributed by atoms with Crippen molar-refractivity contribution in [3.63, 3.8) is 0 Å². The van der Waals surface area contributed by atoms with Crippen molar-refractivity contribution in [2.24, 2.45) is 45.0 Å². The second-order valence-corrected chi connectivity index (χ2v) is 14.8. The number of aliphatic carboxylic acids is 1. The normalized spacial score (nSPS) is 36.6. The summed E-state index contributed by atoms with van der Waals surface area (Å²) in [7, 11) is 0. The van der Waals surface area contributed by atoms with Gasteiger partial charge in [-0.25, -0.2) is 9.59 Å². The molecule has 3 unspecified atom stereocenters. The number of rotatable bonds is 11. The molecule has 13 nitrogen and oxygen atoms in total. The Morgan fingerprint density at radius 1 is 1.13 bits per heavy atom. The van der Waals surface area contributed by atoms with E-state index in [1.54, 1.807) is 6.07 Å². The minimum absolute atomic E-state index is 0.0369. The van der Waals surface area contributed by atoms with Crippen LogP contribution in [0.5, 0.6) is 0 Å². The van der Waals surface area contributed by atoms with Gasteiger partial charge in [-0.3, -0.25) is 14.6 Å². The Morgan fingerprint density at radius 3 is 2.57 bits per heavy atom. The number of carboxylic acids is 1. The Hall–Kier alpha value is -3.45. The van der Waals surface area contributed by atoms with Crippen molar-refractivity contribution in [1.82, 2.24) is 5.32 Å². The van der Waals surface area contributed by atoms with Gasteiger partial charge in [0, 0.05) is 24.4 Å². The van der Waals surface area contributed by atoms with Crippen LogP contribution in [0.4, 0.5) is 0 Å². The standard InChI is InChI=1S/C34H50N4O9/c1-32-13-11-21(47-30(44)24(4-3-15-37-31(35)36)38-26(40)8-9-27(41)42)16-20(32)6-7-23-29(32)25(39)17-33(2)22(12-14-34(23,33)45)19-5-10-28(43)46-18-19/h5,10,18,20-25,29,39,45H,3-4,6-9,11-17H2,1-2H3,(H,38,40)(H,41,42)(H4,35,36,37)/t20?,21?,22-,23-,24+,25?,29-,32+,33-,34+/m1/s1. The summed E-state index contributed by atoms with van der Waals surface area (Å²) in [5, 5.41) is 35.9. The summed E-state index contributed by atoms with van der Waals surface area (Å²) in [5.41, 5.74) is 9.45. The van der Waals surface area contributed by atoms with Crippen molar-refractivity contribution < 1.29 is 38.9 Å². The summed E-state index contributed by atoms with van der Waals surface area (Å²) in [6.45, 7) is 4.56. The van der Waals surface area contributed by atoms with Crippen LogP contribution in [0.15, 0.2) is 32.6 Å². The molecule has 8 N–H and O–H groups in total. The second-order valence-electron chi connectivity index (χ2n) is 14.8. The maximum Gasteiger partial charge on any atom is 0.335 e. The molecule has 260 valence electrons. The van der Waals surface area contributed by atoms with Crippen molar-refractivity contribution in [3.8, 4) is 0 Å². The molecule has 0 aliphatic heterocycles. The fourth-order valence-corrected chi connectivity index (χ4v) is 9.98. The number of esters is 1. The fraction of sp³-hybridized carbons (Fsp3) is 0.735. The summed E-state index contributed by atoms with van der Waals surface area (Å²) in [6, 6.07) is 2.23. The highest BCUT2D eigenvalue weighted by Crippen LogP contribution is 2.70. The van der Waals surface area contributed by atoms with Gasteiger partial charge in [-0.15, -0.1) is 0 Å². The average molecular weight is 659 g/mol. The molecule has 13 heteroatoms. The van der Waals surface area contributed by atoms with Crippen LogP contribution in [-0.2, 0) is 19.1 Å². The minimum atomic E-state index is -1.11. The van der Waals surface area contributed by atoms with Crippen molar-refractivity contribution >= 4 is 23.8 Å². The number of aliphatic hydroxyl groups excluding tert-OH is 1. The maximum absolute atomic E-state index is 13.4. The van der Waals surface area contributed by atoms with E-state index in [2.05, 4.69) is 24.2 Å². The molecule has 1 aromatic rings. The predicted octanol–water partition coefficient (Wildman–Crippen LogP) is 2.17. The fourth-order valence-electron chi connectivity index (χ4n) is 9.98. The van der Waals surface area contributed by atoms with Crippen LogP contribution in [0.25, 0.3) is 0 Å². The molecule has 0 saturated heterocycles. The van der Waals surface area contributed by atoms with Crippen molar-refractivity contribution in [3.05, 3.63) is 34.4 Å². The molecule has 0 aromatic carbocycles. The van der Waals surface area contributed by atoms with Gasteiger partial charge in [0.2, 0.25) is 5.91 Å². The molecular formula is C34H50N4O9. The van der Waals surface area contributed by atoms with Crippen LogP contribution in [0.2, 0.25) is 0 Å². The van der Waals surface area contributed by atoms with E-state index in [0.717, 1.165) is 24.8 Å². The van der Waals surface area contributed by atoms with E-state index < -0.39 is 46.6 Å². The zero-order valence-electron chi connectivity index (χ0n) is 27.4. The van der Waals surface area contributed by atoms with Crippen molar-refractivity contribution in [2.45, 2.75) is 121 Å². The molecule has 0 radical (unpaired) electrons. The molecule has 1 heterocycles. The quantitative estimate of drug-likeness (QED) is 0.0874. The average Bonchev–Trinajstić information content (AvgIpc) is 3.28. The number of aliphatic imine (C=N–C) groups is 1. The summed E-state index contributed by atoms with van der Waals surface area (Å²) in [6.07, 6.45) is 5.84. The van der Waals surface area contributed by atoms with Gasteiger partial charge in [0.15, 0.2) is 5.96 Å². The topological polar surface area (TPSA) is 228 Å². The summed E-state index contributed by atoms with van der Waals surface area (Å²) in [4.78, 5) is 52.3. The number of guanidine groups is 1. The van der Waals surface area contributed by atoms with Gasteiger partial charge in [-0.2, -0.15) is 0 Å². The van der Waals surface area contributed by atoms with Crippen LogP contribution in [-0.4, -0.2) is 69.5 Å². The van der Waals surface area contributed by atoms with Crippen LogP contribution in [0.3, 0.4) is 0 Å². The number of fused-ring (bicyclic) bond motifs is 5. The lowest BCUT2D eigenvalue weighted by Crippen LogP contribution is -2.66. The van der Waals surface area contributed by atoms with Gasteiger partial charge in [0.1, 0.15) is 12.1 Å².